The second kappa shape index (κ2) is 28.0. The number of nitrogens with two attached hydrogens (primary N) is 1. The Morgan fingerprint density at radius 2 is 1.09 bits per heavy atom. The van der Waals surface area contributed by atoms with Gasteiger partial charge in [0.15, 0.2) is 39.6 Å². The van der Waals surface area contributed by atoms with Crippen molar-refractivity contribution in [3.63, 3.8) is 0 Å². The van der Waals surface area contributed by atoms with E-state index >= 15 is 0 Å². The molecule has 4 atom stereocenters. The number of halogens is 5. The molecule has 6 rings (SSSR count). The third kappa shape index (κ3) is 21.0. The number of hydrogen-bond donors (Lipinski definition) is 1. The molecule has 57 heavy (non-hydrogen) atoms. The van der Waals surface area contributed by atoms with Crippen LogP contribution in [-0.2, 0) is 23.2 Å². The van der Waals surface area contributed by atoms with Crippen LogP contribution in [0.3, 0.4) is 0 Å². The van der Waals surface area contributed by atoms with E-state index in [1.54, 1.807) is 0 Å². The summed E-state index contributed by atoms with van der Waals surface area (Å²) in [5.41, 5.74) is 17.8. The molecule has 21 heteroatoms. The Bertz CT molecular complexity index is 1530. The van der Waals surface area contributed by atoms with E-state index in [1.165, 1.54) is 25.7 Å². The molecule has 0 spiro atoms. The van der Waals surface area contributed by atoms with Crippen LogP contribution in [0.5, 0.6) is 23.0 Å². The van der Waals surface area contributed by atoms with Crippen LogP contribution < -0.4 is 24.7 Å². The molecule has 4 aliphatic heterocycles. The second-order valence-corrected chi connectivity index (χ2v) is 71.9. The zero-order chi connectivity index (χ0) is 42.0. The summed E-state index contributed by atoms with van der Waals surface area (Å²) in [6, 6.07) is 11.7. The van der Waals surface area contributed by atoms with Crippen LogP contribution in [0.25, 0.3) is 10.4 Å². The van der Waals surface area contributed by atoms with Gasteiger partial charge in [0.25, 0.3) is 0 Å². The van der Waals surface area contributed by atoms with Crippen molar-refractivity contribution in [2.24, 2.45) is 10.8 Å². The van der Waals surface area contributed by atoms with Crippen molar-refractivity contribution in [1.29, 1.82) is 0 Å². The van der Waals surface area contributed by atoms with Crippen LogP contribution in [-0.4, -0.2) is 104 Å². The standard InChI is InChI=1S/C18H28N4O3Si.C18H30N2O3Si.5HI.2V/c1-26(2,3)25-18(15(20-21-19)13-22-8-4-5-9-22)14-6-7-16-17(12-14)24-11-10-23-16;1-24(2,3)23-18(15(19)13-20-8-4-5-9-20)14-6-7-16-17(12-14)22-11-10-21-16;;;;;;;/h6-7,12,15,18H,4-5,8-11,13H2,1-3H3;6-7,12,15,18H,4-5,8-11,13,19H2,1-3H3;5*1H;;/q;;;;;;;+2;+3/p-5/t2*15-,18-;;;;;;;/m11......./s1. The normalized spacial score (nSPS) is 18.6. The molecule has 0 bridgehead atoms. The second-order valence-electron chi connectivity index (χ2n) is 15.8. The molecule has 2 aromatic rings. The first kappa shape index (κ1) is 53.3. The van der Waals surface area contributed by atoms with Gasteiger partial charge < -0.3 is 43.3 Å². The van der Waals surface area contributed by atoms with Gasteiger partial charge in [-0.1, -0.05) is 17.2 Å². The summed E-state index contributed by atoms with van der Waals surface area (Å²) in [6.45, 7) is 21.4. The molecule has 4 aliphatic rings. The molecule has 0 aliphatic carbocycles. The van der Waals surface area contributed by atoms with Crippen molar-refractivity contribution in [2.75, 3.05) is 65.7 Å². The first-order valence-corrected chi connectivity index (χ1v) is 48.5. The zero-order valence-corrected chi connectivity index (χ0v) is 49.3. The number of likely N-dealkylation sites (tertiary alicyclic amines) is 2. The van der Waals surface area contributed by atoms with E-state index in [4.69, 9.17) is 39.1 Å². The maximum atomic E-state index is 9.15. The van der Waals surface area contributed by atoms with Crippen molar-refractivity contribution < 1.29 is 42.2 Å². The van der Waals surface area contributed by atoms with Gasteiger partial charge in [0, 0.05) is 24.0 Å². The van der Waals surface area contributed by atoms with E-state index in [-0.39, 0.29) is 29.2 Å². The zero-order valence-electron chi connectivity index (χ0n) is 33.7. The molecule has 0 amide bonds. The average molecular weight is 1460 g/mol. The van der Waals surface area contributed by atoms with Crippen molar-refractivity contribution >= 4 is 117 Å². The summed E-state index contributed by atoms with van der Waals surface area (Å²) >= 11 is 12.1. The summed E-state index contributed by atoms with van der Waals surface area (Å²) in [6.07, 6.45) is 4.56. The van der Waals surface area contributed by atoms with Gasteiger partial charge in [-0.05, 0) is 132 Å². The molecule has 0 saturated carbocycles. The van der Waals surface area contributed by atoms with Gasteiger partial charge in [-0.3, -0.25) is 0 Å². The topological polar surface area (TPSA) is 137 Å². The summed E-state index contributed by atoms with van der Waals surface area (Å²) in [7, 11) is -2.96. The van der Waals surface area contributed by atoms with E-state index < -0.39 is 16.6 Å². The van der Waals surface area contributed by atoms with Gasteiger partial charge in [0.1, 0.15) is 26.4 Å². The fraction of sp³-hybridized carbons (Fsp3) is 0.667. The average Bonchev–Trinajstić information content (AvgIpc) is 3.87. The molecular formula is C36H58I5N6O6Si2V2. The molecule has 0 unspecified atom stereocenters. The number of fused-ring (bicyclic) bond motifs is 2. The Morgan fingerprint density at radius 1 is 0.719 bits per heavy atom. The minimum atomic E-state index is -1.86. The van der Waals surface area contributed by atoms with Gasteiger partial charge in [-0.2, -0.15) is 0 Å². The number of hydrogen-bond acceptors (Lipinski definition) is 10. The third-order valence-electron chi connectivity index (χ3n) is 9.00. The maximum absolute atomic E-state index is 9.15. The van der Waals surface area contributed by atoms with Crippen LogP contribution >= 0.6 is 99.9 Å². The number of ether oxygens (including phenoxy) is 4. The van der Waals surface area contributed by atoms with Gasteiger partial charge in [0.2, 0.25) is 0 Å². The van der Waals surface area contributed by atoms with Crippen LogP contribution in [0.15, 0.2) is 41.5 Å². The Labute approximate surface area is 409 Å². The third-order valence-corrected chi connectivity index (χ3v) is 10.9. The fourth-order valence-corrected chi connectivity index (χ4v) is 8.98. The fourth-order valence-electron chi connectivity index (χ4n) is 6.85. The van der Waals surface area contributed by atoms with Crippen LogP contribution in [0.1, 0.15) is 49.0 Å². The van der Waals surface area contributed by atoms with Gasteiger partial charge >= 0.3 is 114 Å². The van der Waals surface area contributed by atoms with Crippen LogP contribution in [0.4, 0.5) is 0 Å². The van der Waals surface area contributed by atoms with Crippen molar-refractivity contribution in [3.8, 4) is 23.0 Å². The Balaban J connectivity index is 0.000000263. The van der Waals surface area contributed by atoms with Crippen molar-refractivity contribution in [2.45, 2.75) is 89.3 Å². The monoisotopic (exact) mass is 1460 g/mol. The first-order valence-electron chi connectivity index (χ1n) is 19.1. The van der Waals surface area contributed by atoms with E-state index in [2.05, 4.69) is 165 Å². The van der Waals surface area contributed by atoms with Crippen LogP contribution in [0, 0.1) is 0 Å². The summed E-state index contributed by atoms with van der Waals surface area (Å²) in [5.74, 6) is 3.10. The molecule has 2 N–H and O–H groups in total. The van der Waals surface area contributed by atoms with E-state index in [1.807, 2.05) is 30.3 Å². The van der Waals surface area contributed by atoms with Gasteiger partial charge in [-0.25, -0.2) is 0 Å². The Kier molecular flexibility index (Phi) is 26.2. The number of azide groups is 1. The molecule has 2 fully saturated rings. The SMILES string of the molecule is C[Si](C)(C)O[C@H](c1ccc2c(c1)OCCO2)[C@@H](CN1CCCC1)N=[N+]=[N-].C[Si](C)(C)O[C@H](c1ccc2c(c1)OCCO2)[C@H](N)CN1CCCC1.[I][V]([I])[I].[I][V][I]. The summed E-state index contributed by atoms with van der Waals surface area (Å²) in [4.78, 5) is 7.65. The number of rotatable bonds is 13. The quantitative estimate of drug-likeness (QED) is 0.0683. The summed E-state index contributed by atoms with van der Waals surface area (Å²) < 4.78 is 35.7. The molecule has 2 aromatic carbocycles. The van der Waals surface area contributed by atoms with Gasteiger partial charge in [-0.15, -0.1) is 0 Å². The molecular weight excluding hydrogens is 1410 g/mol. The predicted molar refractivity (Wildman–Crippen MR) is 272 cm³/mol. The molecule has 0 aromatic heterocycles. The molecule has 4 heterocycles. The molecule has 12 nitrogen and oxygen atoms in total. The molecule has 0 radical (unpaired) electrons. The van der Waals surface area contributed by atoms with E-state index in [0.717, 1.165) is 66.8 Å². The first-order chi connectivity index (χ1) is 27.0. The Hall–Kier alpha value is 2.00. The van der Waals surface area contributed by atoms with Gasteiger partial charge in [0.05, 0.1) is 18.2 Å². The van der Waals surface area contributed by atoms with Crippen LogP contribution in [0.2, 0.25) is 39.3 Å². The number of benzene rings is 2. The Morgan fingerprint density at radius 3 is 1.49 bits per heavy atom. The molecule has 2 saturated heterocycles. The summed E-state index contributed by atoms with van der Waals surface area (Å²) in [5, 5.41) is 4.12. The van der Waals surface area contributed by atoms with E-state index in [9.17, 15) is 0 Å². The molecule has 321 valence electrons. The van der Waals surface area contributed by atoms with Crippen molar-refractivity contribution in [3.05, 3.63) is 58.0 Å². The minimum absolute atomic E-state index is 0.0441. The van der Waals surface area contributed by atoms with E-state index in [0.29, 0.717) is 42.4 Å². The van der Waals surface area contributed by atoms with Crippen molar-refractivity contribution in [1.82, 2.24) is 9.80 Å². The predicted octanol–water partition coefficient (Wildman–Crippen LogP) is 11.3. The number of nitrogens with zero attached hydrogens (tertiary/aromatic N) is 5.